The summed E-state index contributed by atoms with van der Waals surface area (Å²) in [5, 5.41) is 17.8. The fraction of sp³-hybridized carbons (Fsp3) is 0.542. The van der Waals surface area contributed by atoms with Crippen molar-refractivity contribution < 1.29 is 14.7 Å². The van der Waals surface area contributed by atoms with Crippen LogP contribution in [0, 0.1) is 30.6 Å². The number of rotatable bonds is 7. The maximum Gasteiger partial charge on any atom is 0.227 e. The van der Waals surface area contributed by atoms with E-state index in [0.29, 0.717) is 18.9 Å². The van der Waals surface area contributed by atoms with Gasteiger partial charge in [0.15, 0.2) is 5.13 Å². The molecule has 9 nitrogen and oxygen atoms in total. The predicted octanol–water partition coefficient (Wildman–Crippen LogP) is 2.24. The Morgan fingerprint density at radius 1 is 1.18 bits per heavy atom. The van der Waals surface area contributed by atoms with E-state index in [9.17, 15) is 9.59 Å². The first-order valence-electron chi connectivity index (χ1n) is 11.9. The number of hydrogen-bond donors (Lipinski definition) is 3. The Kier molecular flexibility index (Phi) is 6.60. The number of carbonyl (C=O) groups excluding carboxylic acids is 2. The molecule has 3 N–H and O–H groups in total. The summed E-state index contributed by atoms with van der Waals surface area (Å²) in [6, 6.07) is 1.98. The number of piperidine rings is 1. The molecule has 2 aliphatic carbocycles. The van der Waals surface area contributed by atoms with Gasteiger partial charge in [0, 0.05) is 48.9 Å². The number of fused-ring (bicyclic) bond motifs is 2. The molecule has 2 fully saturated rings. The average molecular weight is 483 g/mol. The molecule has 10 heteroatoms. The molecule has 0 spiro atoms. The van der Waals surface area contributed by atoms with E-state index in [-0.39, 0.29) is 54.6 Å². The van der Waals surface area contributed by atoms with Crippen molar-refractivity contribution in [2.75, 3.05) is 31.6 Å². The van der Waals surface area contributed by atoms with Gasteiger partial charge in [-0.05, 0) is 38.0 Å². The van der Waals surface area contributed by atoms with E-state index in [2.05, 4.69) is 37.7 Å². The second-order valence-corrected chi connectivity index (χ2v) is 10.2. The Morgan fingerprint density at radius 3 is 2.65 bits per heavy atom. The number of aryl methyl sites for hydroxylation is 1. The highest BCUT2D eigenvalue weighted by atomic mass is 32.1. The molecule has 4 atom stereocenters. The molecule has 0 aromatic carbocycles. The van der Waals surface area contributed by atoms with E-state index in [1.165, 1.54) is 11.3 Å². The summed E-state index contributed by atoms with van der Waals surface area (Å²) in [7, 11) is 0. The van der Waals surface area contributed by atoms with Crippen molar-refractivity contribution in [3.05, 3.63) is 41.3 Å². The van der Waals surface area contributed by atoms with E-state index in [1.54, 1.807) is 6.20 Å². The highest BCUT2D eigenvalue weighted by Crippen LogP contribution is 2.49. The van der Waals surface area contributed by atoms with Crippen LogP contribution in [-0.2, 0) is 9.59 Å². The van der Waals surface area contributed by atoms with Gasteiger partial charge in [-0.3, -0.25) is 9.59 Å². The Bertz CT molecular complexity index is 1070. The summed E-state index contributed by atoms with van der Waals surface area (Å²) >= 11 is 1.52. The zero-order valence-corrected chi connectivity index (χ0v) is 20.0. The summed E-state index contributed by atoms with van der Waals surface area (Å²) in [6.45, 7) is 3.33. The van der Waals surface area contributed by atoms with Crippen LogP contribution in [0.3, 0.4) is 0 Å². The lowest BCUT2D eigenvalue weighted by Crippen LogP contribution is -2.48. The molecule has 0 radical (unpaired) electrons. The zero-order valence-electron chi connectivity index (χ0n) is 19.2. The molecular formula is C24H30N6O3S. The van der Waals surface area contributed by atoms with Gasteiger partial charge in [-0.1, -0.05) is 12.2 Å². The second-order valence-electron chi connectivity index (χ2n) is 9.30. The molecule has 4 unspecified atom stereocenters. The summed E-state index contributed by atoms with van der Waals surface area (Å²) in [6.07, 6.45) is 8.46. The van der Waals surface area contributed by atoms with Crippen molar-refractivity contribution >= 4 is 34.1 Å². The van der Waals surface area contributed by atoms with E-state index in [4.69, 9.17) is 5.11 Å². The first kappa shape index (κ1) is 22.9. The topological polar surface area (TPSA) is 120 Å². The molecule has 5 rings (SSSR count). The van der Waals surface area contributed by atoms with Crippen molar-refractivity contribution in [3.63, 3.8) is 0 Å². The van der Waals surface area contributed by atoms with Crippen LogP contribution in [0.1, 0.15) is 36.7 Å². The van der Waals surface area contributed by atoms with E-state index in [1.807, 2.05) is 23.3 Å². The first-order valence-corrected chi connectivity index (χ1v) is 12.8. The minimum absolute atomic E-state index is 0.0874. The SMILES string of the molecule is Cc1nc(Nc2nccs2)cc(C2CCN(C(=O)C3C4C=CC(C4)C3C(=O)NCCO)CC2)n1. The Balaban J connectivity index is 1.24. The van der Waals surface area contributed by atoms with Crippen LogP contribution in [0.15, 0.2) is 29.8 Å². The third-order valence-electron chi connectivity index (χ3n) is 7.21. The normalized spacial score (nSPS) is 26.1. The molecule has 1 aliphatic heterocycles. The molecule has 3 heterocycles. The van der Waals surface area contributed by atoms with Crippen molar-refractivity contribution in [1.82, 2.24) is 25.2 Å². The molecule has 1 saturated carbocycles. The van der Waals surface area contributed by atoms with Gasteiger partial charge in [0.25, 0.3) is 0 Å². The smallest absolute Gasteiger partial charge is 0.227 e. The van der Waals surface area contributed by atoms with Crippen LogP contribution in [0.25, 0.3) is 0 Å². The maximum absolute atomic E-state index is 13.5. The lowest BCUT2D eigenvalue weighted by Gasteiger charge is -2.36. The molecule has 2 amide bonds. The number of nitrogens with one attached hydrogen (secondary N) is 2. The molecule has 180 valence electrons. The number of aliphatic hydroxyl groups excluding tert-OH is 1. The third kappa shape index (κ3) is 4.56. The molecule has 34 heavy (non-hydrogen) atoms. The predicted molar refractivity (Wildman–Crippen MR) is 129 cm³/mol. The third-order valence-corrected chi connectivity index (χ3v) is 7.90. The summed E-state index contributed by atoms with van der Waals surface area (Å²) in [5.41, 5.74) is 0.989. The van der Waals surface area contributed by atoms with Crippen LogP contribution >= 0.6 is 11.3 Å². The molecule has 2 aromatic heterocycles. The van der Waals surface area contributed by atoms with E-state index >= 15 is 0 Å². The van der Waals surface area contributed by atoms with Crippen LogP contribution in [0.5, 0.6) is 0 Å². The summed E-state index contributed by atoms with van der Waals surface area (Å²) in [5.74, 6) is 1.27. The zero-order chi connectivity index (χ0) is 23.7. The van der Waals surface area contributed by atoms with Crippen LogP contribution in [0.2, 0.25) is 0 Å². The van der Waals surface area contributed by atoms with Gasteiger partial charge < -0.3 is 20.6 Å². The highest BCUT2D eigenvalue weighted by molar-refractivity contribution is 7.13. The van der Waals surface area contributed by atoms with Crippen LogP contribution in [-0.4, -0.2) is 63.0 Å². The number of allylic oxidation sites excluding steroid dienone is 2. The molecular weight excluding hydrogens is 452 g/mol. The van der Waals surface area contributed by atoms with E-state index < -0.39 is 0 Å². The first-order chi connectivity index (χ1) is 16.5. The molecule has 2 aromatic rings. The van der Waals surface area contributed by atoms with Crippen LogP contribution in [0.4, 0.5) is 10.9 Å². The summed E-state index contributed by atoms with van der Waals surface area (Å²) < 4.78 is 0. The number of nitrogens with zero attached hydrogens (tertiary/aromatic N) is 4. The van der Waals surface area contributed by atoms with Gasteiger partial charge >= 0.3 is 0 Å². The van der Waals surface area contributed by atoms with Gasteiger partial charge in [0.2, 0.25) is 11.8 Å². The fourth-order valence-electron chi connectivity index (χ4n) is 5.68. The number of amides is 2. The standard InChI is InChI=1S/C24H30N6O3S/c1-14-27-18(13-19(28-14)29-24-26-7-11-34-24)15-4-8-30(9-5-15)23(33)21-17-3-2-16(12-17)20(21)22(32)25-6-10-31/h2-3,7,11,13,15-17,20-21,31H,4-6,8-10,12H2,1H3,(H,25,32)(H,26,27,28,29). The number of likely N-dealkylation sites (tertiary alicyclic amines) is 1. The molecule has 1 saturated heterocycles. The Morgan fingerprint density at radius 2 is 1.94 bits per heavy atom. The van der Waals surface area contributed by atoms with Gasteiger partial charge in [0.1, 0.15) is 11.6 Å². The lowest BCUT2D eigenvalue weighted by atomic mass is 9.80. The number of anilines is 2. The van der Waals surface area contributed by atoms with Crippen LogP contribution < -0.4 is 10.6 Å². The van der Waals surface area contributed by atoms with Gasteiger partial charge in [0.05, 0.1) is 18.4 Å². The highest BCUT2D eigenvalue weighted by Gasteiger charge is 2.52. The van der Waals surface area contributed by atoms with Gasteiger partial charge in [-0.25, -0.2) is 15.0 Å². The monoisotopic (exact) mass is 482 g/mol. The Hall–Kier alpha value is -2.85. The van der Waals surface area contributed by atoms with E-state index in [0.717, 1.165) is 35.9 Å². The van der Waals surface area contributed by atoms with Gasteiger partial charge in [-0.15, -0.1) is 11.3 Å². The fourth-order valence-corrected chi connectivity index (χ4v) is 6.21. The lowest BCUT2D eigenvalue weighted by molar-refractivity contribution is -0.143. The molecule has 2 bridgehead atoms. The number of aliphatic hydroxyl groups is 1. The Labute approximate surface area is 202 Å². The average Bonchev–Trinajstić information content (AvgIpc) is 3.60. The molecule has 3 aliphatic rings. The van der Waals surface area contributed by atoms with Crippen molar-refractivity contribution in [2.24, 2.45) is 23.7 Å². The van der Waals surface area contributed by atoms with Crippen molar-refractivity contribution in [1.29, 1.82) is 0 Å². The van der Waals surface area contributed by atoms with Crippen molar-refractivity contribution in [3.8, 4) is 0 Å². The number of aromatic nitrogens is 3. The van der Waals surface area contributed by atoms with Gasteiger partial charge in [-0.2, -0.15) is 0 Å². The minimum atomic E-state index is -0.337. The van der Waals surface area contributed by atoms with Crippen molar-refractivity contribution in [2.45, 2.75) is 32.1 Å². The number of carbonyl (C=O) groups is 2. The maximum atomic E-state index is 13.5. The number of hydrogen-bond acceptors (Lipinski definition) is 8. The quantitative estimate of drug-likeness (QED) is 0.518. The summed E-state index contributed by atoms with van der Waals surface area (Å²) in [4.78, 5) is 41.6. The second kappa shape index (κ2) is 9.79. The minimum Gasteiger partial charge on any atom is -0.395 e. The number of thiazole rings is 1. The largest absolute Gasteiger partial charge is 0.395 e.